The number of anilines is 1. The van der Waals surface area contributed by atoms with E-state index in [0.29, 0.717) is 68.0 Å². The average molecular weight is 452 g/mol. The van der Waals surface area contributed by atoms with Crippen LogP contribution in [0.4, 0.5) is 5.82 Å². The van der Waals surface area contributed by atoms with Crippen molar-refractivity contribution >= 4 is 22.9 Å². The molecule has 2 aliphatic heterocycles. The summed E-state index contributed by atoms with van der Waals surface area (Å²) >= 11 is 0. The molecule has 1 amide bonds. The Kier molecular flexibility index (Phi) is 5.31. The average Bonchev–Trinajstić information content (AvgIpc) is 3.24. The summed E-state index contributed by atoms with van der Waals surface area (Å²) in [5.74, 6) is 0.309. The SMILES string of the molecule is C[C@@]1(O)CC2(CCN(C(=O)c3cccc(CN)c3)CC2)OC[C@H]1n1cnc2c(N)ncnc21. The molecule has 10 nitrogen and oxygen atoms in total. The summed E-state index contributed by atoms with van der Waals surface area (Å²) in [5, 5.41) is 11.5. The number of hydrogen-bond donors (Lipinski definition) is 3. The highest BCUT2D eigenvalue weighted by Gasteiger charge is 2.50. The zero-order valence-electron chi connectivity index (χ0n) is 18.6. The maximum absolute atomic E-state index is 13.0. The normalized spacial score (nSPS) is 24.9. The minimum Gasteiger partial charge on any atom is -0.388 e. The molecule has 33 heavy (non-hydrogen) atoms. The molecule has 0 aliphatic carbocycles. The summed E-state index contributed by atoms with van der Waals surface area (Å²) in [7, 11) is 0. The van der Waals surface area contributed by atoms with Crippen LogP contribution in [0.25, 0.3) is 11.2 Å². The van der Waals surface area contributed by atoms with E-state index in [9.17, 15) is 9.90 Å². The lowest BCUT2D eigenvalue weighted by atomic mass is 9.75. The van der Waals surface area contributed by atoms with Crippen molar-refractivity contribution in [2.45, 2.75) is 50.0 Å². The molecule has 4 heterocycles. The van der Waals surface area contributed by atoms with Crippen molar-refractivity contribution < 1.29 is 14.6 Å². The van der Waals surface area contributed by atoms with Crippen LogP contribution in [0.1, 0.15) is 48.1 Å². The number of hydrogen-bond acceptors (Lipinski definition) is 8. The Morgan fingerprint density at radius 2 is 2.06 bits per heavy atom. The van der Waals surface area contributed by atoms with Gasteiger partial charge in [-0.25, -0.2) is 15.0 Å². The van der Waals surface area contributed by atoms with Crippen LogP contribution in [0.15, 0.2) is 36.9 Å². The van der Waals surface area contributed by atoms with E-state index in [1.165, 1.54) is 6.33 Å². The van der Waals surface area contributed by atoms with Crippen LogP contribution in [0.2, 0.25) is 0 Å². The van der Waals surface area contributed by atoms with Gasteiger partial charge in [0.15, 0.2) is 11.5 Å². The minimum atomic E-state index is -1.05. The molecule has 10 heteroatoms. The molecule has 5 rings (SSSR count). The number of imidazole rings is 1. The quantitative estimate of drug-likeness (QED) is 0.539. The van der Waals surface area contributed by atoms with Gasteiger partial charge in [0.25, 0.3) is 5.91 Å². The second-order valence-electron chi connectivity index (χ2n) is 9.32. The van der Waals surface area contributed by atoms with Crippen LogP contribution in [-0.4, -0.2) is 66.3 Å². The molecule has 0 unspecified atom stereocenters. The number of nitrogens with two attached hydrogens (primary N) is 2. The van der Waals surface area contributed by atoms with Gasteiger partial charge >= 0.3 is 0 Å². The van der Waals surface area contributed by atoms with E-state index in [1.807, 2.05) is 40.7 Å². The first-order valence-electron chi connectivity index (χ1n) is 11.2. The van der Waals surface area contributed by atoms with Crippen LogP contribution in [-0.2, 0) is 11.3 Å². The molecule has 2 atom stereocenters. The molecule has 3 aromatic rings. The van der Waals surface area contributed by atoms with Crippen molar-refractivity contribution in [2.75, 3.05) is 25.4 Å². The lowest BCUT2D eigenvalue weighted by Crippen LogP contribution is -2.58. The molecule has 1 spiro atoms. The number of benzene rings is 1. The van der Waals surface area contributed by atoms with Gasteiger partial charge in [0.1, 0.15) is 11.8 Å². The van der Waals surface area contributed by atoms with Gasteiger partial charge in [0.2, 0.25) is 0 Å². The first-order chi connectivity index (χ1) is 15.8. The molecule has 0 saturated carbocycles. The Hall–Kier alpha value is -3.08. The Labute approximate surface area is 191 Å². The first-order valence-corrected chi connectivity index (χ1v) is 11.2. The number of aliphatic hydroxyl groups is 1. The van der Waals surface area contributed by atoms with Gasteiger partial charge in [-0.15, -0.1) is 0 Å². The fourth-order valence-electron chi connectivity index (χ4n) is 5.19. The molecule has 2 aromatic heterocycles. The minimum absolute atomic E-state index is 0.00255. The molecule has 0 bridgehead atoms. The van der Waals surface area contributed by atoms with Crippen LogP contribution in [0.3, 0.4) is 0 Å². The van der Waals surface area contributed by atoms with E-state index in [1.54, 1.807) is 6.33 Å². The van der Waals surface area contributed by atoms with E-state index in [-0.39, 0.29) is 11.9 Å². The molecule has 1 aromatic carbocycles. The Morgan fingerprint density at radius 3 is 2.79 bits per heavy atom. The molecule has 2 saturated heterocycles. The van der Waals surface area contributed by atoms with Gasteiger partial charge in [0, 0.05) is 31.6 Å². The number of nitrogen functional groups attached to an aromatic ring is 1. The maximum Gasteiger partial charge on any atom is 0.253 e. The fraction of sp³-hybridized carbons (Fsp3) is 0.478. The van der Waals surface area contributed by atoms with Crippen molar-refractivity contribution in [2.24, 2.45) is 5.73 Å². The zero-order valence-corrected chi connectivity index (χ0v) is 18.6. The largest absolute Gasteiger partial charge is 0.388 e. The van der Waals surface area contributed by atoms with Crippen LogP contribution >= 0.6 is 0 Å². The van der Waals surface area contributed by atoms with E-state index >= 15 is 0 Å². The highest BCUT2D eigenvalue weighted by molar-refractivity contribution is 5.94. The molecular weight excluding hydrogens is 422 g/mol. The summed E-state index contributed by atoms with van der Waals surface area (Å²) in [6.07, 6.45) is 4.81. The van der Waals surface area contributed by atoms with Crippen LogP contribution < -0.4 is 11.5 Å². The third-order valence-corrected chi connectivity index (χ3v) is 7.04. The molecule has 174 valence electrons. The molecule has 2 aliphatic rings. The molecular formula is C23H29N7O3. The lowest BCUT2D eigenvalue weighted by molar-refractivity contribution is -0.194. The van der Waals surface area contributed by atoms with Gasteiger partial charge in [-0.1, -0.05) is 12.1 Å². The maximum atomic E-state index is 13.0. The van der Waals surface area contributed by atoms with Gasteiger partial charge in [0.05, 0.1) is 30.2 Å². The van der Waals surface area contributed by atoms with Crippen LogP contribution in [0.5, 0.6) is 0 Å². The van der Waals surface area contributed by atoms with Crippen molar-refractivity contribution in [3.8, 4) is 0 Å². The number of carbonyl (C=O) groups is 1. The summed E-state index contributed by atoms with van der Waals surface area (Å²) in [5.41, 5.74) is 12.8. The van der Waals surface area contributed by atoms with Crippen molar-refractivity contribution in [1.82, 2.24) is 24.4 Å². The summed E-state index contributed by atoms with van der Waals surface area (Å²) in [6, 6.07) is 7.09. The predicted molar refractivity (Wildman–Crippen MR) is 122 cm³/mol. The molecule has 2 fully saturated rings. The van der Waals surface area contributed by atoms with Gasteiger partial charge < -0.3 is 30.8 Å². The van der Waals surface area contributed by atoms with E-state index in [0.717, 1.165) is 5.56 Å². The van der Waals surface area contributed by atoms with Gasteiger partial charge in [-0.05, 0) is 37.5 Å². The second-order valence-corrected chi connectivity index (χ2v) is 9.32. The second kappa shape index (κ2) is 8.05. The van der Waals surface area contributed by atoms with Gasteiger partial charge in [-0.3, -0.25) is 4.79 Å². The highest BCUT2D eigenvalue weighted by Crippen LogP contribution is 2.44. The summed E-state index contributed by atoms with van der Waals surface area (Å²) in [4.78, 5) is 27.5. The van der Waals surface area contributed by atoms with E-state index < -0.39 is 11.2 Å². The number of carbonyl (C=O) groups excluding carboxylic acids is 1. The van der Waals surface area contributed by atoms with Gasteiger partial charge in [-0.2, -0.15) is 0 Å². The Balaban J connectivity index is 1.29. The zero-order chi connectivity index (χ0) is 23.2. The van der Waals surface area contributed by atoms with Crippen LogP contribution in [0, 0.1) is 0 Å². The van der Waals surface area contributed by atoms with E-state index in [4.69, 9.17) is 16.2 Å². The third kappa shape index (κ3) is 3.84. The molecule has 5 N–H and O–H groups in total. The number of amides is 1. The standard InChI is InChI=1S/C23H29N7O3/c1-22(32)12-23(33-11-17(22)30-14-28-18-19(25)26-13-27-20(18)30)5-7-29(8-6-23)21(31)16-4-2-3-15(9-16)10-24/h2-4,9,13-14,17,32H,5-8,10-12,24H2,1H3,(H2,25,26,27)/t17-,22-/m1/s1. The Morgan fingerprint density at radius 1 is 1.27 bits per heavy atom. The van der Waals surface area contributed by atoms with Crippen molar-refractivity contribution in [3.63, 3.8) is 0 Å². The third-order valence-electron chi connectivity index (χ3n) is 7.04. The topological polar surface area (TPSA) is 145 Å². The number of rotatable bonds is 3. The van der Waals surface area contributed by atoms with Crippen molar-refractivity contribution in [3.05, 3.63) is 48.0 Å². The lowest BCUT2D eigenvalue weighted by Gasteiger charge is -2.51. The summed E-state index contributed by atoms with van der Waals surface area (Å²) < 4.78 is 8.21. The van der Waals surface area contributed by atoms with E-state index in [2.05, 4.69) is 15.0 Å². The number of piperidine rings is 1. The number of fused-ring (bicyclic) bond motifs is 1. The predicted octanol–water partition coefficient (Wildman–Crippen LogP) is 1.25. The highest BCUT2D eigenvalue weighted by atomic mass is 16.5. The summed E-state index contributed by atoms with van der Waals surface area (Å²) in [6.45, 7) is 3.69. The first kappa shape index (κ1) is 21.7. The number of likely N-dealkylation sites (tertiary alicyclic amines) is 1. The number of nitrogens with zero attached hydrogens (tertiary/aromatic N) is 5. The van der Waals surface area contributed by atoms with Crippen molar-refractivity contribution in [1.29, 1.82) is 0 Å². The Bertz CT molecular complexity index is 1180. The number of aromatic nitrogens is 4. The molecule has 0 radical (unpaired) electrons. The number of ether oxygens (including phenoxy) is 1. The monoisotopic (exact) mass is 451 g/mol. The fourth-order valence-corrected chi connectivity index (χ4v) is 5.19. The smallest absolute Gasteiger partial charge is 0.253 e.